The van der Waals surface area contributed by atoms with E-state index in [1.165, 1.54) is 25.7 Å². The molecule has 1 N–H and O–H groups in total. The van der Waals surface area contributed by atoms with Crippen molar-refractivity contribution < 1.29 is 4.39 Å². The van der Waals surface area contributed by atoms with Crippen LogP contribution < -0.4 is 5.32 Å². The lowest BCUT2D eigenvalue weighted by Gasteiger charge is -2.12. The van der Waals surface area contributed by atoms with Crippen molar-refractivity contribution in [2.75, 3.05) is 0 Å². The van der Waals surface area contributed by atoms with E-state index in [2.05, 4.69) is 5.32 Å². The van der Waals surface area contributed by atoms with E-state index in [0.29, 0.717) is 12.6 Å². The first kappa shape index (κ1) is 10.6. The third-order valence-corrected chi connectivity index (χ3v) is 3.14. The van der Waals surface area contributed by atoms with Crippen LogP contribution in [0.4, 0.5) is 4.39 Å². The van der Waals surface area contributed by atoms with Gasteiger partial charge in [-0.25, -0.2) is 4.39 Å². The smallest absolute Gasteiger partial charge is 0.127 e. The fourth-order valence-corrected chi connectivity index (χ4v) is 2.18. The molecule has 0 aromatic heterocycles. The summed E-state index contributed by atoms with van der Waals surface area (Å²) in [5.74, 6) is -0.0829. The fraction of sp³-hybridized carbons (Fsp3) is 0.538. The summed E-state index contributed by atoms with van der Waals surface area (Å²) < 4.78 is 13.5. The summed E-state index contributed by atoms with van der Waals surface area (Å²) >= 11 is 0. The van der Waals surface area contributed by atoms with Crippen LogP contribution in [0.15, 0.2) is 18.2 Å². The lowest BCUT2D eigenvalue weighted by atomic mass is 10.1. The fourth-order valence-electron chi connectivity index (χ4n) is 2.18. The third-order valence-electron chi connectivity index (χ3n) is 3.14. The summed E-state index contributed by atoms with van der Waals surface area (Å²) in [5.41, 5.74) is 1.77. The zero-order valence-electron chi connectivity index (χ0n) is 9.22. The van der Waals surface area contributed by atoms with Crippen LogP contribution in [0.1, 0.15) is 36.8 Å². The Hall–Kier alpha value is -0.890. The maximum Gasteiger partial charge on any atom is 0.127 e. The van der Waals surface area contributed by atoms with Crippen LogP contribution in [0.3, 0.4) is 0 Å². The highest BCUT2D eigenvalue weighted by Gasteiger charge is 2.14. The minimum Gasteiger partial charge on any atom is -0.310 e. The minimum absolute atomic E-state index is 0.0829. The number of hydrogen-bond acceptors (Lipinski definition) is 1. The molecule has 0 radical (unpaired) electrons. The molecular weight excluding hydrogens is 189 g/mol. The summed E-state index contributed by atoms with van der Waals surface area (Å²) in [6, 6.07) is 6.05. The third kappa shape index (κ3) is 2.78. The average Bonchev–Trinajstić information content (AvgIpc) is 2.69. The molecule has 1 aromatic carbocycles. The van der Waals surface area contributed by atoms with Crippen LogP contribution >= 0.6 is 0 Å². The van der Waals surface area contributed by atoms with E-state index in [1.807, 2.05) is 19.1 Å². The Labute approximate surface area is 90.7 Å². The first-order chi connectivity index (χ1) is 7.25. The Morgan fingerprint density at radius 3 is 2.73 bits per heavy atom. The zero-order chi connectivity index (χ0) is 10.7. The van der Waals surface area contributed by atoms with Gasteiger partial charge in [0.15, 0.2) is 0 Å². The van der Waals surface area contributed by atoms with Crippen molar-refractivity contribution in [3.8, 4) is 0 Å². The Morgan fingerprint density at radius 1 is 1.33 bits per heavy atom. The van der Waals surface area contributed by atoms with Crippen molar-refractivity contribution >= 4 is 0 Å². The van der Waals surface area contributed by atoms with Crippen molar-refractivity contribution in [3.63, 3.8) is 0 Å². The molecule has 2 rings (SSSR count). The van der Waals surface area contributed by atoms with Gasteiger partial charge < -0.3 is 5.32 Å². The molecule has 1 aliphatic rings. The predicted octanol–water partition coefficient (Wildman–Crippen LogP) is 3.17. The van der Waals surface area contributed by atoms with Crippen molar-refractivity contribution in [1.82, 2.24) is 5.32 Å². The maximum atomic E-state index is 13.5. The molecule has 0 atom stereocenters. The Balaban J connectivity index is 1.92. The summed E-state index contributed by atoms with van der Waals surface area (Å²) in [6.07, 6.45) is 5.11. The molecule has 1 saturated carbocycles. The van der Waals surface area contributed by atoms with Crippen LogP contribution in [-0.2, 0) is 6.54 Å². The summed E-state index contributed by atoms with van der Waals surface area (Å²) in [7, 11) is 0. The lowest BCUT2D eigenvalue weighted by Crippen LogP contribution is -2.25. The molecule has 1 aliphatic carbocycles. The van der Waals surface area contributed by atoms with Gasteiger partial charge in [0.25, 0.3) is 0 Å². The molecular formula is C13H18FN. The van der Waals surface area contributed by atoms with E-state index in [1.54, 1.807) is 6.07 Å². The standard InChI is InChI=1S/C13H18FN/c1-10-6-7-11(13(14)8-10)9-15-12-4-2-3-5-12/h6-8,12,15H,2-5,9H2,1H3. The summed E-state index contributed by atoms with van der Waals surface area (Å²) in [5, 5.41) is 3.42. The van der Waals surface area contributed by atoms with Crippen molar-refractivity contribution in [1.29, 1.82) is 0 Å². The number of nitrogens with one attached hydrogen (secondary N) is 1. The number of hydrogen-bond donors (Lipinski definition) is 1. The van der Waals surface area contributed by atoms with Crippen LogP contribution in [0, 0.1) is 12.7 Å². The van der Waals surface area contributed by atoms with Gasteiger partial charge in [-0.05, 0) is 31.4 Å². The van der Waals surface area contributed by atoms with E-state index in [4.69, 9.17) is 0 Å². The Kier molecular flexibility index (Phi) is 3.37. The highest BCUT2D eigenvalue weighted by molar-refractivity contribution is 5.23. The first-order valence-electron chi connectivity index (χ1n) is 5.74. The van der Waals surface area contributed by atoms with Crippen LogP contribution in [0.5, 0.6) is 0 Å². The molecule has 1 aromatic rings. The molecule has 1 fully saturated rings. The van der Waals surface area contributed by atoms with E-state index in [0.717, 1.165) is 11.1 Å². The lowest BCUT2D eigenvalue weighted by molar-refractivity contribution is 0.508. The van der Waals surface area contributed by atoms with Crippen molar-refractivity contribution in [2.45, 2.75) is 45.2 Å². The van der Waals surface area contributed by atoms with Gasteiger partial charge in [-0.3, -0.25) is 0 Å². The molecule has 0 aliphatic heterocycles. The highest BCUT2D eigenvalue weighted by Crippen LogP contribution is 2.18. The van der Waals surface area contributed by atoms with Crippen LogP contribution in [0.25, 0.3) is 0 Å². The molecule has 2 heteroatoms. The molecule has 0 heterocycles. The largest absolute Gasteiger partial charge is 0.310 e. The van der Waals surface area contributed by atoms with E-state index >= 15 is 0 Å². The molecule has 82 valence electrons. The van der Waals surface area contributed by atoms with E-state index in [9.17, 15) is 4.39 Å². The van der Waals surface area contributed by atoms with Gasteiger partial charge in [-0.1, -0.05) is 25.0 Å². The normalized spacial score (nSPS) is 17.2. The Morgan fingerprint density at radius 2 is 2.07 bits per heavy atom. The second-order valence-electron chi connectivity index (χ2n) is 4.46. The topological polar surface area (TPSA) is 12.0 Å². The van der Waals surface area contributed by atoms with E-state index < -0.39 is 0 Å². The number of benzene rings is 1. The maximum absolute atomic E-state index is 13.5. The van der Waals surface area contributed by atoms with Crippen molar-refractivity contribution in [2.24, 2.45) is 0 Å². The van der Waals surface area contributed by atoms with Gasteiger partial charge in [-0.15, -0.1) is 0 Å². The second kappa shape index (κ2) is 4.75. The number of halogens is 1. The van der Waals surface area contributed by atoms with Crippen molar-refractivity contribution in [3.05, 3.63) is 35.1 Å². The van der Waals surface area contributed by atoms with Crippen LogP contribution in [-0.4, -0.2) is 6.04 Å². The quantitative estimate of drug-likeness (QED) is 0.802. The molecule has 15 heavy (non-hydrogen) atoms. The molecule has 0 unspecified atom stereocenters. The SMILES string of the molecule is Cc1ccc(CNC2CCCC2)c(F)c1. The zero-order valence-corrected chi connectivity index (χ0v) is 9.22. The number of rotatable bonds is 3. The molecule has 0 saturated heterocycles. The Bertz CT molecular complexity index is 329. The van der Waals surface area contributed by atoms with Gasteiger partial charge in [0.1, 0.15) is 5.82 Å². The number of aryl methyl sites for hydroxylation is 1. The van der Waals surface area contributed by atoms with Gasteiger partial charge in [0.05, 0.1) is 0 Å². The molecule has 0 bridgehead atoms. The summed E-state index contributed by atoms with van der Waals surface area (Å²) in [4.78, 5) is 0. The summed E-state index contributed by atoms with van der Waals surface area (Å²) in [6.45, 7) is 2.58. The average molecular weight is 207 g/mol. The van der Waals surface area contributed by atoms with Gasteiger partial charge >= 0.3 is 0 Å². The molecule has 0 spiro atoms. The first-order valence-corrected chi connectivity index (χ1v) is 5.74. The minimum atomic E-state index is -0.0829. The van der Waals surface area contributed by atoms with E-state index in [-0.39, 0.29) is 5.82 Å². The molecule has 0 amide bonds. The van der Waals surface area contributed by atoms with Gasteiger partial charge in [-0.2, -0.15) is 0 Å². The van der Waals surface area contributed by atoms with Crippen LogP contribution in [0.2, 0.25) is 0 Å². The molecule has 1 nitrogen and oxygen atoms in total. The van der Waals surface area contributed by atoms with Gasteiger partial charge in [0.2, 0.25) is 0 Å². The monoisotopic (exact) mass is 207 g/mol. The highest BCUT2D eigenvalue weighted by atomic mass is 19.1. The second-order valence-corrected chi connectivity index (χ2v) is 4.46. The predicted molar refractivity (Wildman–Crippen MR) is 60.2 cm³/mol. The van der Waals surface area contributed by atoms with Gasteiger partial charge in [0, 0.05) is 18.2 Å².